The molecule has 7 nitrogen and oxygen atoms in total. The Morgan fingerprint density at radius 3 is 2.63 bits per heavy atom. The third-order valence-electron chi connectivity index (χ3n) is 4.71. The first-order valence-corrected chi connectivity index (χ1v) is 10.1. The predicted octanol–water partition coefficient (Wildman–Crippen LogP) is 2.92. The van der Waals surface area contributed by atoms with Gasteiger partial charge in [0.15, 0.2) is 23.0 Å². The van der Waals surface area contributed by atoms with E-state index in [9.17, 15) is 8.42 Å². The molecular weight excluding hydrogens is 394 g/mol. The lowest BCUT2D eigenvalue weighted by atomic mass is 10.1. The van der Waals surface area contributed by atoms with E-state index in [1.165, 1.54) is 23.5 Å². The first-order valence-electron chi connectivity index (χ1n) is 8.32. The minimum atomic E-state index is -3.66. The van der Waals surface area contributed by atoms with Gasteiger partial charge in [-0.25, -0.2) is 8.42 Å². The third-order valence-corrected chi connectivity index (χ3v) is 6.89. The zero-order valence-electron chi connectivity index (χ0n) is 14.7. The summed E-state index contributed by atoms with van der Waals surface area (Å²) in [5, 5.41) is 0.516. The van der Waals surface area contributed by atoms with E-state index >= 15 is 0 Å². The summed E-state index contributed by atoms with van der Waals surface area (Å²) in [7, 11) is -2.12. The molecule has 0 amide bonds. The Kier molecular flexibility index (Phi) is 4.57. The molecule has 0 saturated carbocycles. The second-order valence-corrected chi connectivity index (χ2v) is 8.61. The zero-order chi connectivity index (χ0) is 19.2. The number of hydrogen-bond donors (Lipinski definition) is 0. The average molecular weight is 412 g/mol. The first-order chi connectivity index (χ1) is 12.9. The lowest BCUT2D eigenvalue weighted by Crippen LogP contribution is -2.62. The lowest BCUT2D eigenvalue weighted by Gasteiger charge is -2.44. The summed E-state index contributed by atoms with van der Waals surface area (Å²) in [6, 6.07) is 9.33. The lowest BCUT2D eigenvalue weighted by molar-refractivity contribution is 0.0195. The summed E-state index contributed by atoms with van der Waals surface area (Å²) in [6.07, 6.45) is -0.304. The Balaban J connectivity index is 1.50. The van der Waals surface area contributed by atoms with Crippen molar-refractivity contribution in [2.24, 2.45) is 0 Å². The van der Waals surface area contributed by atoms with Crippen LogP contribution in [0.15, 0.2) is 41.3 Å². The number of halogens is 1. The van der Waals surface area contributed by atoms with Crippen LogP contribution in [-0.4, -0.2) is 45.3 Å². The molecule has 2 aromatic carbocycles. The Morgan fingerprint density at radius 1 is 1.11 bits per heavy atom. The molecule has 1 fully saturated rings. The molecule has 0 aromatic heterocycles. The van der Waals surface area contributed by atoms with E-state index in [1.54, 1.807) is 31.2 Å². The fourth-order valence-corrected chi connectivity index (χ4v) is 4.92. The van der Waals surface area contributed by atoms with Gasteiger partial charge < -0.3 is 18.9 Å². The van der Waals surface area contributed by atoms with Crippen LogP contribution < -0.4 is 18.9 Å². The molecule has 0 bridgehead atoms. The smallest absolute Gasteiger partial charge is 0.243 e. The number of ether oxygens (including phenoxy) is 4. The topological polar surface area (TPSA) is 74.3 Å². The monoisotopic (exact) mass is 411 g/mol. The molecule has 2 aliphatic heterocycles. The molecule has 4 rings (SSSR count). The van der Waals surface area contributed by atoms with E-state index in [-0.39, 0.29) is 30.4 Å². The number of rotatable bonds is 5. The van der Waals surface area contributed by atoms with Crippen molar-refractivity contribution in [1.82, 2.24) is 4.31 Å². The van der Waals surface area contributed by atoms with Crippen molar-refractivity contribution < 1.29 is 27.4 Å². The van der Waals surface area contributed by atoms with Crippen LogP contribution in [0.2, 0.25) is 5.02 Å². The predicted molar refractivity (Wildman–Crippen MR) is 98.3 cm³/mol. The fraction of sp³-hybridized carbons (Fsp3) is 0.333. The molecule has 9 heteroatoms. The maximum Gasteiger partial charge on any atom is 0.243 e. The Morgan fingerprint density at radius 2 is 1.89 bits per heavy atom. The summed E-state index contributed by atoms with van der Waals surface area (Å²) in [4.78, 5) is 0.164. The largest absolute Gasteiger partial charge is 0.493 e. The van der Waals surface area contributed by atoms with E-state index < -0.39 is 10.0 Å². The van der Waals surface area contributed by atoms with Gasteiger partial charge in [-0.05, 0) is 31.2 Å². The molecule has 2 aliphatic rings. The number of methoxy groups -OCH3 is 1. The summed E-state index contributed by atoms with van der Waals surface area (Å²) < 4.78 is 49.0. The van der Waals surface area contributed by atoms with Crippen LogP contribution in [0.3, 0.4) is 0 Å². The van der Waals surface area contributed by atoms with Crippen molar-refractivity contribution in [3.63, 3.8) is 0 Å². The summed E-state index contributed by atoms with van der Waals surface area (Å²) >= 11 is 6.02. The van der Waals surface area contributed by atoms with Crippen molar-refractivity contribution in [2.45, 2.75) is 24.0 Å². The van der Waals surface area contributed by atoms with Gasteiger partial charge >= 0.3 is 0 Å². The van der Waals surface area contributed by atoms with Crippen LogP contribution >= 0.6 is 11.6 Å². The summed E-state index contributed by atoms with van der Waals surface area (Å²) in [5.74, 6) is 2.01. The average Bonchev–Trinajstić information content (AvgIpc) is 3.12. The van der Waals surface area contributed by atoms with E-state index in [4.69, 9.17) is 30.5 Å². The van der Waals surface area contributed by atoms with Gasteiger partial charge in [-0.2, -0.15) is 4.31 Å². The first kappa shape index (κ1) is 18.2. The van der Waals surface area contributed by atoms with Crippen LogP contribution in [0, 0.1) is 0 Å². The minimum absolute atomic E-state index is 0.0936. The van der Waals surface area contributed by atoms with Crippen LogP contribution in [0.5, 0.6) is 23.0 Å². The number of hydrogen-bond acceptors (Lipinski definition) is 6. The Labute approximate surface area is 162 Å². The van der Waals surface area contributed by atoms with Crippen LogP contribution in [-0.2, 0) is 10.0 Å². The third kappa shape index (κ3) is 3.18. The standard InChI is InChI=1S/C18H18ClNO6S/c1-11-18(26-17-7-12(19)3-5-14(17)23-2)9-20(11)27(21,22)13-4-6-15-16(8-13)25-10-24-15/h3-8,11,18H,9-10H2,1-2H3/t11-,18+/m1/s1. The molecule has 1 saturated heterocycles. The van der Waals surface area contributed by atoms with Crippen LogP contribution in [0.25, 0.3) is 0 Å². The molecule has 0 N–H and O–H groups in total. The number of sulfonamides is 1. The number of benzene rings is 2. The quantitative estimate of drug-likeness (QED) is 0.753. The number of fused-ring (bicyclic) bond motifs is 1. The maximum absolute atomic E-state index is 12.9. The van der Waals surface area contributed by atoms with Gasteiger partial charge in [-0.15, -0.1) is 0 Å². The van der Waals surface area contributed by atoms with Gasteiger partial charge in [0.1, 0.15) is 6.10 Å². The van der Waals surface area contributed by atoms with Crippen molar-refractivity contribution in [2.75, 3.05) is 20.4 Å². The maximum atomic E-state index is 12.9. The molecule has 0 unspecified atom stereocenters. The molecule has 2 atom stereocenters. The molecular formula is C18H18ClNO6S. The highest BCUT2D eigenvalue weighted by molar-refractivity contribution is 7.89. The van der Waals surface area contributed by atoms with E-state index in [0.717, 1.165) is 0 Å². The van der Waals surface area contributed by atoms with Gasteiger partial charge in [-0.1, -0.05) is 11.6 Å². The molecule has 0 spiro atoms. The normalized spacial score (nSPS) is 21.6. The van der Waals surface area contributed by atoms with E-state index in [0.29, 0.717) is 28.0 Å². The van der Waals surface area contributed by atoms with Crippen molar-refractivity contribution in [3.8, 4) is 23.0 Å². The fourth-order valence-electron chi connectivity index (χ4n) is 3.07. The summed E-state index contributed by atoms with van der Waals surface area (Å²) in [6.45, 7) is 2.12. The highest BCUT2D eigenvalue weighted by Crippen LogP contribution is 2.38. The second kappa shape index (κ2) is 6.78. The number of nitrogens with zero attached hydrogens (tertiary/aromatic N) is 1. The molecule has 0 radical (unpaired) electrons. The van der Waals surface area contributed by atoms with Gasteiger partial charge in [0.25, 0.3) is 0 Å². The Bertz CT molecular complexity index is 980. The molecule has 2 aromatic rings. The second-order valence-electron chi connectivity index (χ2n) is 6.28. The summed E-state index contributed by atoms with van der Waals surface area (Å²) in [5.41, 5.74) is 0. The van der Waals surface area contributed by atoms with Crippen molar-refractivity contribution in [3.05, 3.63) is 41.4 Å². The van der Waals surface area contributed by atoms with Crippen molar-refractivity contribution in [1.29, 1.82) is 0 Å². The van der Waals surface area contributed by atoms with Crippen LogP contribution in [0.4, 0.5) is 0 Å². The molecule has 144 valence electrons. The van der Waals surface area contributed by atoms with Gasteiger partial charge in [0.05, 0.1) is 24.6 Å². The van der Waals surface area contributed by atoms with E-state index in [1.807, 2.05) is 0 Å². The SMILES string of the molecule is COc1ccc(Cl)cc1O[C@H]1CN(S(=O)(=O)c2ccc3c(c2)OCO3)[C@@H]1C. The zero-order valence-corrected chi connectivity index (χ0v) is 16.3. The molecule has 0 aliphatic carbocycles. The highest BCUT2D eigenvalue weighted by atomic mass is 35.5. The Hall–Kier alpha value is -2.16. The molecule has 2 heterocycles. The highest BCUT2D eigenvalue weighted by Gasteiger charge is 2.45. The minimum Gasteiger partial charge on any atom is -0.493 e. The van der Waals surface area contributed by atoms with Gasteiger partial charge in [0.2, 0.25) is 16.8 Å². The van der Waals surface area contributed by atoms with Gasteiger partial charge in [-0.3, -0.25) is 0 Å². The van der Waals surface area contributed by atoms with Gasteiger partial charge in [0, 0.05) is 17.2 Å². The van der Waals surface area contributed by atoms with E-state index in [2.05, 4.69) is 0 Å². The molecule has 27 heavy (non-hydrogen) atoms. The van der Waals surface area contributed by atoms with Crippen LogP contribution in [0.1, 0.15) is 6.92 Å². The van der Waals surface area contributed by atoms with Crippen molar-refractivity contribution >= 4 is 21.6 Å².